The van der Waals surface area contributed by atoms with Crippen LogP contribution in [0.2, 0.25) is 0 Å². The fourth-order valence-corrected chi connectivity index (χ4v) is 6.13. The first-order valence-corrected chi connectivity index (χ1v) is 12.2. The lowest BCUT2D eigenvalue weighted by Gasteiger charge is -2.42. The van der Waals surface area contributed by atoms with E-state index in [1.54, 1.807) is 0 Å². The van der Waals surface area contributed by atoms with Crippen molar-refractivity contribution in [1.82, 2.24) is 9.47 Å². The van der Waals surface area contributed by atoms with Crippen molar-refractivity contribution in [2.24, 2.45) is 0 Å². The van der Waals surface area contributed by atoms with Gasteiger partial charge in [0.15, 0.2) is 0 Å². The predicted octanol–water partition coefficient (Wildman–Crippen LogP) is 6.12. The fourth-order valence-electron chi connectivity index (χ4n) is 6.13. The van der Waals surface area contributed by atoms with Crippen molar-refractivity contribution < 1.29 is 5.11 Å². The lowest BCUT2D eigenvalue weighted by atomic mass is 9.88. The molecule has 2 fully saturated rings. The van der Waals surface area contributed by atoms with Gasteiger partial charge in [-0.05, 0) is 37.8 Å². The zero-order chi connectivity index (χ0) is 20.3. The number of para-hydroxylation sites is 2. The molecule has 1 unspecified atom stereocenters. The third-order valence-corrected chi connectivity index (χ3v) is 7.58. The molecule has 2 aliphatic rings. The Morgan fingerprint density at radius 3 is 1.70 bits per heavy atom. The second-order valence-corrected chi connectivity index (χ2v) is 9.58. The molecular weight excluding hydrogens is 368 g/mol. The van der Waals surface area contributed by atoms with Gasteiger partial charge in [0, 0.05) is 40.4 Å². The summed E-state index contributed by atoms with van der Waals surface area (Å²) in [7, 11) is 0. The van der Waals surface area contributed by atoms with Crippen LogP contribution in [0.3, 0.4) is 0 Å². The van der Waals surface area contributed by atoms with Gasteiger partial charge in [-0.1, -0.05) is 74.9 Å². The standard InChI is InChI=1S/C27H36N2O/c30-23(19-28(21-11-3-1-4-12-21)22-13-5-2-6-14-22)20-29-26-17-9-7-15-24(26)25-16-8-10-18-27(25)29/h7-10,15-18,21-23,30H,1-6,11-14,19-20H2. The normalized spacial score (nSPS) is 20.3. The summed E-state index contributed by atoms with van der Waals surface area (Å²) in [5.41, 5.74) is 2.47. The number of aromatic nitrogens is 1. The van der Waals surface area contributed by atoms with E-state index in [1.807, 2.05) is 0 Å². The minimum atomic E-state index is -0.340. The van der Waals surface area contributed by atoms with Crippen LogP contribution in [0.4, 0.5) is 0 Å². The Kier molecular flexibility index (Phi) is 6.10. The van der Waals surface area contributed by atoms with Crippen molar-refractivity contribution in [3.05, 3.63) is 48.5 Å². The van der Waals surface area contributed by atoms with E-state index in [0.29, 0.717) is 18.6 Å². The molecular formula is C27H36N2O. The van der Waals surface area contributed by atoms with Gasteiger partial charge < -0.3 is 9.67 Å². The fraction of sp³-hybridized carbons (Fsp3) is 0.556. The Morgan fingerprint density at radius 1 is 0.733 bits per heavy atom. The van der Waals surface area contributed by atoms with Crippen LogP contribution in [0.25, 0.3) is 21.8 Å². The van der Waals surface area contributed by atoms with E-state index in [2.05, 4.69) is 58.0 Å². The lowest BCUT2D eigenvalue weighted by Crippen LogP contribution is -2.49. The number of aliphatic hydroxyl groups excluding tert-OH is 1. The van der Waals surface area contributed by atoms with Crippen LogP contribution >= 0.6 is 0 Å². The molecule has 0 spiro atoms. The monoisotopic (exact) mass is 404 g/mol. The third-order valence-electron chi connectivity index (χ3n) is 7.58. The van der Waals surface area contributed by atoms with Crippen molar-refractivity contribution in [3.63, 3.8) is 0 Å². The molecule has 0 bridgehead atoms. The Labute approximate surface area is 180 Å². The highest BCUT2D eigenvalue weighted by Gasteiger charge is 2.30. The minimum absolute atomic E-state index is 0.340. The van der Waals surface area contributed by atoms with Crippen molar-refractivity contribution in [3.8, 4) is 0 Å². The van der Waals surface area contributed by atoms with E-state index in [4.69, 9.17) is 0 Å². The Balaban J connectivity index is 1.40. The molecule has 0 radical (unpaired) electrons. The average molecular weight is 405 g/mol. The second-order valence-electron chi connectivity index (χ2n) is 9.58. The Hall–Kier alpha value is -1.84. The average Bonchev–Trinajstić information content (AvgIpc) is 3.12. The lowest BCUT2D eigenvalue weighted by molar-refractivity contribution is 0.0242. The predicted molar refractivity (Wildman–Crippen MR) is 126 cm³/mol. The van der Waals surface area contributed by atoms with Gasteiger partial charge in [-0.25, -0.2) is 0 Å². The molecule has 160 valence electrons. The summed E-state index contributed by atoms with van der Waals surface area (Å²) in [4.78, 5) is 2.73. The summed E-state index contributed by atoms with van der Waals surface area (Å²) < 4.78 is 2.34. The molecule has 2 aromatic carbocycles. The number of nitrogens with zero attached hydrogens (tertiary/aromatic N) is 2. The van der Waals surface area contributed by atoms with Gasteiger partial charge >= 0.3 is 0 Å². The number of rotatable bonds is 6. The highest BCUT2D eigenvalue weighted by atomic mass is 16.3. The summed E-state index contributed by atoms with van der Waals surface area (Å²) >= 11 is 0. The quantitative estimate of drug-likeness (QED) is 0.536. The zero-order valence-corrected chi connectivity index (χ0v) is 18.2. The zero-order valence-electron chi connectivity index (χ0n) is 18.2. The van der Waals surface area contributed by atoms with Gasteiger partial charge in [0.2, 0.25) is 0 Å². The largest absolute Gasteiger partial charge is 0.390 e. The van der Waals surface area contributed by atoms with E-state index in [0.717, 1.165) is 6.54 Å². The molecule has 1 heterocycles. The molecule has 3 aromatic rings. The Bertz CT molecular complexity index is 894. The molecule has 2 saturated carbocycles. The first kappa shape index (κ1) is 20.1. The van der Waals surface area contributed by atoms with Crippen LogP contribution in [-0.2, 0) is 6.54 Å². The van der Waals surface area contributed by atoms with Crippen LogP contribution in [-0.4, -0.2) is 39.3 Å². The summed E-state index contributed by atoms with van der Waals surface area (Å²) in [6.45, 7) is 1.49. The van der Waals surface area contributed by atoms with Gasteiger partial charge in [0.1, 0.15) is 0 Å². The van der Waals surface area contributed by atoms with Crippen LogP contribution in [0.15, 0.2) is 48.5 Å². The second kappa shape index (κ2) is 9.11. The molecule has 0 aliphatic heterocycles. The molecule has 3 nitrogen and oxygen atoms in total. The molecule has 0 amide bonds. The molecule has 3 heteroatoms. The van der Waals surface area contributed by atoms with Crippen LogP contribution in [0.5, 0.6) is 0 Å². The number of aliphatic hydroxyl groups is 1. The maximum atomic E-state index is 11.3. The maximum Gasteiger partial charge on any atom is 0.0846 e. The molecule has 2 aliphatic carbocycles. The number of fused-ring (bicyclic) bond motifs is 3. The number of hydrogen-bond donors (Lipinski definition) is 1. The van der Waals surface area contributed by atoms with Gasteiger partial charge in [0.05, 0.1) is 12.6 Å². The van der Waals surface area contributed by atoms with E-state index in [-0.39, 0.29) is 6.10 Å². The molecule has 0 saturated heterocycles. The highest BCUT2D eigenvalue weighted by molar-refractivity contribution is 6.07. The van der Waals surface area contributed by atoms with Crippen molar-refractivity contribution in [1.29, 1.82) is 0 Å². The summed E-state index contributed by atoms with van der Waals surface area (Å²) in [6.07, 6.45) is 13.1. The van der Waals surface area contributed by atoms with E-state index < -0.39 is 0 Å². The van der Waals surface area contributed by atoms with E-state index >= 15 is 0 Å². The number of hydrogen-bond acceptors (Lipinski definition) is 2. The third kappa shape index (κ3) is 4.02. The first-order valence-electron chi connectivity index (χ1n) is 12.2. The van der Waals surface area contributed by atoms with Gasteiger partial charge in [-0.2, -0.15) is 0 Å². The first-order chi connectivity index (χ1) is 14.8. The maximum absolute atomic E-state index is 11.3. The highest BCUT2D eigenvalue weighted by Crippen LogP contribution is 2.32. The summed E-state index contributed by atoms with van der Waals surface area (Å²) in [5, 5.41) is 13.9. The van der Waals surface area contributed by atoms with Crippen molar-refractivity contribution in [2.75, 3.05) is 6.54 Å². The SMILES string of the molecule is OC(CN(C1CCCCC1)C1CCCCC1)Cn1c2ccccc2c2ccccc21. The molecule has 30 heavy (non-hydrogen) atoms. The summed E-state index contributed by atoms with van der Waals surface area (Å²) in [6, 6.07) is 18.6. The van der Waals surface area contributed by atoms with Crippen LogP contribution in [0, 0.1) is 0 Å². The van der Waals surface area contributed by atoms with Crippen molar-refractivity contribution in [2.45, 2.75) is 88.9 Å². The molecule has 1 N–H and O–H groups in total. The molecule has 5 rings (SSSR count). The van der Waals surface area contributed by atoms with Gasteiger partial charge in [-0.3, -0.25) is 4.90 Å². The molecule has 1 atom stereocenters. The van der Waals surface area contributed by atoms with Crippen molar-refractivity contribution >= 4 is 21.8 Å². The van der Waals surface area contributed by atoms with E-state index in [1.165, 1.54) is 86.0 Å². The minimum Gasteiger partial charge on any atom is -0.390 e. The number of benzene rings is 2. The smallest absolute Gasteiger partial charge is 0.0846 e. The van der Waals surface area contributed by atoms with Gasteiger partial charge in [-0.15, -0.1) is 0 Å². The van der Waals surface area contributed by atoms with E-state index in [9.17, 15) is 5.11 Å². The topological polar surface area (TPSA) is 28.4 Å². The summed E-state index contributed by atoms with van der Waals surface area (Å²) in [5.74, 6) is 0. The van der Waals surface area contributed by atoms with Gasteiger partial charge in [0.25, 0.3) is 0 Å². The van der Waals surface area contributed by atoms with Crippen LogP contribution < -0.4 is 0 Å². The Morgan fingerprint density at radius 2 is 1.20 bits per heavy atom. The molecule has 1 aromatic heterocycles. The van der Waals surface area contributed by atoms with Crippen LogP contribution in [0.1, 0.15) is 64.2 Å².